The highest BCUT2D eigenvalue weighted by Gasteiger charge is 2.05. The number of halogens is 2. The van der Waals surface area contributed by atoms with Gasteiger partial charge in [-0.3, -0.25) is 5.43 Å². The smallest absolute Gasteiger partial charge is 0.335 e. The predicted molar refractivity (Wildman–Crippen MR) is 90.5 cm³/mol. The van der Waals surface area contributed by atoms with E-state index < -0.39 is 5.97 Å². The highest BCUT2D eigenvalue weighted by atomic mass is 127. The molecule has 7 heteroatoms. The van der Waals surface area contributed by atoms with Gasteiger partial charge in [-0.05, 0) is 52.9 Å². The first-order valence-electron chi connectivity index (χ1n) is 5.78. The summed E-state index contributed by atoms with van der Waals surface area (Å²) in [6, 6.07) is 9.46. The molecule has 0 radical (unpaired) electrons. The third-order valence-electron chi connectivity index (χ3n) is 2.56. The molecule has 0 amide bonds. The van der Waals surface area contributed by atoms with Crippen LogP contribution in [0.2, 0.25) is 5.02 Å². The molecule has 2 rings (SSSR count). The number of anilines is 1. The summed E-state index contributed by atoms with van der Waals surface area (Å²) in [4.78, 5) is 10.9. The van der Waals surface area contributed by atoms with Crippen LogP contribution in [0.5, 0.6) is 5.75 Å². The lowest BCUT2D eigenvalue weighted by atomic mass is 10.2. The van der Waals surface area contributed by atoms with Crippen LogP contribution in [0.4, 0.5) is 5.69 Å². The number of carbonyl (C=O) groups is 1. The first-order valence-corrected chi connectivity index (χ1v) is 7.23. The van der Waals surface area contributed by atoms with Crippen molar-refractivity contribution in [2.24, 2.45) is 5.10 Å². The van der Waals surface area contributed by atoms with Crippen LogP contribution in [0.25, 0.3) is 0 Å². The van der Waals surface area contributed by atoms with Crippen LogP contribution >= 0.6 is 34.2 Å². The van der Waals surface area contributed by atoms with Gasteiger partial charge in [-0.1, -0.05) is 17.7 Å². The molecular formula is C14H10ClIN2O3. The minimum Gasteiger partial charge on any atom is -0.506 e. The molecule has 0 atom stereocenters. The highest BCUT2D eigenvalue weighted by Crippen LogP contribution is 2.27. The van der Waals surface area contributed by atoms with Crippen molar-refractivity contribution in [3.8, 4) is 5.75 Å². The van der Waals surface area contributed by atoms with E-state index >= 15 is 0 Å². The van der Waals surface area contributed by atoms with E-state index in [9.17, 15) is 9.90 Å². The van der Waals surface area contributed by atoms with Crippen LogP contribution in [0.3, 0.4) is 0 Å². The molecule has 3 N–H and O–H groups in total. The topological polar surface area (TPSA) is 81.9 Å². The van der Waals surface area contributed by atoms with Crippen LogP contribution in [0.1, 0.15) is 15.9 Å². The molecule has 0 saturated heterocycles. The van der Waals surface area contributed by atoms with E-state index in [0.717, 1.165) is 0 Å². The number of phenolic OH excluding ortho intramolecular Hbond substituents is 1. The first kappa shape index (κ1) is 15.6. The second-order valence-corrected chi connectivity index (χ2v) is 5.68. The predicted octanol–water partition coefficient (Wildman–Crippen LogP) is 3.79. The lowest BCUT2D eigenvalue weighted by Crippen LogP contribution is -1.98. The van der Waals surface area contributed by atoms with Gasteiger partial charge in [0.25, 0.3) is 0 Å². The highest BCUT2D eigenvalue weighted by molar-refractivity contribution is 14.1. The van der Waals surface area contributed by atoms with Crippen LogP contribution in [-0.4, -0.2) is 22.4 Å². The molecule has 0 aromatic heterocycles. The van der Waals surface area contributed by atoms with Crippen molar-refractivity contribution in [2.75, 3.05) is 5.43 Å². The van der Waals surface area contributed by atoms with E-state index in [2.05, 4.69) is 10.5 Å². The van der Waals surface area contributed by atoms with E-state index in [0.29, 0.717) is 19.8 Å². The Kier molecular flexibility index (Phi) is 5.03. The normalized spacial score (nSPS) is 10.8. The third kappa shape index (κ3) is 4.08. The number of carboxylic acids is 1. The summed E-state index contributed by atoms with van der Waals surface area (Å²) in [6.45, 7) is 0. The average Bonchev–Trinajstić information content (AvgIpc) is 2.44. The third-order valence-corrected chi connectivity index (χ3v) is 3.60. The number of phenols is 1. The lowest BCUT2D eigenvalue weighted by Gasteiger charge is -2.04. The maximum atomic E-state index is 10.9. The number of aromatic carboxylic acids is 1. The summed E-state index contributed by atoms with van der Waals surface area (Å²) >= 11 is 7.88. The summed E-state index contributed by atoms with van der Waals surface area (Å²) in [5, 5.41) is 23.2. The van der Waals surface area contributed by atoms with Gasteiger partial charge in [-0.2, -0.15) is 5.10 Å². The molecule has 0 fully saturated rings. The van der Waals surface area contributed by atoms with Gasteiger partial charge in [0.2, 0.25) is 0 Å². The van der Waals surface area contributed by atoms with Crippen molar-refractivity contribution in [1.82, 2.24) is 0 Å². The van der Waals surface area contributed by atoms with Gasteiger partial charge < -0.3 is 10.2 Å². The fourth-order valence-corrected chi connectivity index (χ4v) is 2.64. The molecule has 2 aromatic carbocycles. The second-order valence-electron chi connectivity index (χ2n) is 4.08. The van der Waals surface area contributed by atoms with Crippen molar-refractivity contribution in [3.05, 3.63) is 56.1 Å². The zero-order valence-corrected chi connectivity index (χ0v) is 13.5. The van der Waals surface area contributed by atoms with E-state index in [1.54, 1.807) is 24.3 Å². The lowest BCUT2D eigenvalue weighted by molar-refractivity contribution is 0.0697. The minimum atomic E-state index is -1.01. The fourth-order valence-electron chi connectivity index (χ4n) is 1.58. The molecule has 0 saturated carbocycles. The van der Waals surface area contributed by atoms with E-state index in [-0.39, 0.29) is 11.3 Å². The number of nitrogens with one attached hydrogen (secondary N) is 1. The molecular weight excluding hydrogens is 407 g/mol. The van der Waals surface area contributed by atoms with Crippen molar-refractivity contribution < 1.29 is 15.0 Å². The molecule has 0 bridgehead atoms. The van der Waals surface area contributed by atoms with Gasteiger partial charge in [-0.25, -0.2) is 4.79 Å². The van der Waals surface area contributed by atoms with Crippen LogP contribution in [0, 0.1) is 3.57 Å². The summed E-state index contributed by atoms with van der Waals surface area (Å²) < 4.78 is 0.620. The van der Waals surface area contributed by atoms with Gasteiger partial charge >= 0.3 is 5.97 Å². The van der Waals surface area contributed by atoms with Crippen molar-refractivity contribution in [2.45, 2.75) is 0 Å². The molecule has 5 nitrogen and oxygen atoms in total. The number of hydrogen-bond donors (Lipinski definition) is 3. The second kappa shape index (κ2) is 6.77. The minimum absolute atomic E-state index is 0.0878. The summed E-state index contributed by atoms with van der Waals surface area (Å²) in [5.41, 5.74) is 3.86. The van der Waals surface area contributed by atoms with E-state index in [1.807, 2.05) is 22.6 Å². The monoisotopic (exact) mass is 416 g/mol. The number of carboxylic acid groups (broad SMARTS) is 1. The standard InChI is InChI=1S/C14H10ClIN2O3/c15-10-4-9(13(19)12(16)6-10)7-17-18-11-3-1-2-8(5-11)14(20)21/h1-7,18-19H,(H,20,21)/b17-7-. The zero-order chi connectivity index (χ0) is 15.4. The SMILES string of the molecule is O=C(O)c1cccc(N/N=C\c2cc(Cl)cc(I)c2O)c1. The largest absolute Gasteiger partial charge is 0.506 e. The Morgan fingerprint density at radius 2 is 2.10 bits per heavy atom. The maximum absolute atomic E-state index is 10.9. The molecule has 0 aliphatic rings. The quantitative estimate of drug-likeness (QED) is 0.402. The van der Waals surface area contributed by atoms with Gasteiger partial charge in [0.15, 0.2) is 0 Å². The Bertz CT molecular complexity index is 719. The van der Waals surface area contributed by atoms with E-state index in [1.165, 1.54) is 18.3 Å². The van der Waals surface area contributed by atoms with Gasteiger partial charge in [0.05, 0.1) is 21.0 Å². The molecule has 0 aliphatic carbocycles. The van der Waals surface area contributed by atoms with Crippen molar-refractivity contribution >= 4 is 52.1 Å². The summed E-state index contributed by atoms with van der Waals surface area (Å²) in [5.74, 6) is -0.922. The molecule has 0 spiro atoms. The van der Waals surface area contributed by atoms with Gasteiger partial charge in [0.1, 0.15) is 5.75 Å². The van der Waals surface area contributed by atoms with Gasteiger partial charge in [-0.15, -0.1) is 0 Å². The summed E-state index contributed by atoms with van der Waals surface area (Å²) in [6.07, 6.45) is 1.41. The molecule has 0 aliphatic heterocycles. The number of benzene rings is 2. The Labute approximate surface area is 139 Å². The summed E-state index contributed by atoms with van der Waals surface area (Å²) in [7, 11) is 0. The first-order chi connectivity index (χ1) is 9.97. The Balaban J connectivity index is 2.16. The zero-order valence-electron chi connectivity index (χ0n) is 10.5. The molecule has 2 aromatic rings. The van der Waals surface area contributed by atoms with Crippen molar-refractivity contribution in [1.29, 1.82) is 0 Å². The number of hydrogen-bond acceptors (Lipinski definition) is 4. The van der Waals surface area contributed by atoms with Crippen LogP contribution < -0.4 is 5.43 Å². The molecule has 0 heterocycles. The molecule has 21 heavy (non-hydrogen) atoms. The maximum Gasteiger partial charge on any atom is 0.335 e. The van der Waals surface area contributed by atoms with E-state index in [4.69, 9.17) is 16.7 Å². The van der Waals surface area contributed by atoms with Crippen LogP contribution in [0.15, 0.2) is 41.5 Å². The Morgan fingerprint density at radius 1 is 1.33 bits per heavy atom. The number of aromatic hydroxyl groups is 1. The molecule has 0 unspecified atom stereocenters. The molecule has 108 valence electrons. The Morgan fingerprint density at radius 3 is 2.81 bits per heavy atom. The number of nitrogens with zero attached hydrogens (tertiary/aromatic N) is 1. The van der Waals surface area contributed by atoms with Crippen LogP contribution in [-0.2, 0) is 0 Å². The Hall–Kier alpha value is -1.80. The van der Waals surface area contributed by atoms with Gasteiger partial charge in [0, 0.05) is 10.6 Å². The number of rotatable bonds is 4. The van der Waals surface area contributed by atoms with Crippen molar-refractivity contribution in [3.63, 3.8) is 0 Å². The fraction of sp³-hybridized carbons (Fsp3) is 0. The number of hydrazone groups is 1. The average molecular weight is 417 g/mol.